The summed E-state index contributed by atoms with van der Waals surface area (Å²) in [6.45, 7) is 1.28. The minimum absolute atomic E-state index is 0.160. The van der Waals surface area contributed by atoms with E-state index >= 15 is 0 Å². The molecule has 1 fully saturated rings. The molecular formula is C14H17NO2. The van der Waals surface area contributed by atoms with E-state index in [1.54, 1.807) is 7.11 Å². The van der Waals surface area contributed by atoms with E-state index in [0.29, 0.717) is 19.6 Å². The average Bonchev–Trinajstić information content (AvgIpc) is 3.10. The van der Waals surface area contributed by atoms with Crippen LogP contribution < -0.4 is 4.74 Å². The van der Waals surface area contributed by atoms with Gasteiger partial charge in [0.25, 0.3) is 0 Å². The molecule has 0 bridgehead atoms. The highest BCUT2D eigenvalue weighted by molar-refractivity contribution is 5.27. The van der Waals surface area contributed by atoms with Crippen molar-refractivity contribution in [3.63, 3.8) is 0 Å². The molecule has 0 saturated heterocycles. The second-order valence-corrected chi connectivity index (χ2v) is 4.68. The molecule has 1 saturated carbocycles. The van der Waals surface area contributed by atoms with Crippen LogP contribution >= 0.6 is 0 Å². The van der Waals surface area contributed by atoms with E-state index in [4.69, 9.17) is 14.7 Å². The lowest BCUT2D eigenvalue weighted by molar-refractivity contribution is 0.0794. The van der Waals surface area contributed by atoms with Crippen LogP contribution in [0.2, 0.25) is 0 Å². The third-order valence-corrected chi connectivity index (χ3v) is 3.22. The molecular weight excluding hydrogens is 214 g/mol. The van der Waals surface area contributed by atoms with E-state index in [-0.39, 0.29) is 5.41 Å². The van der Waals surface area contributed by atoms with Crippen LogP contribution in [0.1, 0.15) is 24.8 Å². The first kappa shape index (κ1) is 11.9. The smallest absolute Gasteiger partial charge is 0.119 e. The van der Waals surface area contributed by atoms with E-state index in [9.17, 15) is 0 Å². The van der Waals surface area contributed by atoms with Gasteiger partial charge in [-0.1, -0.05) is 12.1 Å². The van der Waals surface area contributed by atoms with Gasteiger partial charge < -0.3 is 9.47 Å². The van der Waals surface area contributed by atoms with Crippen LogP contribution in [0, 0.1) is 16.7 Å². The highest BCUT2D eigenvalue weighted by Crippen LogP contribution is 2.48. The molecule has 1 aromatic carbocycles. The topological polar surface area (TPSA) is 42.2 Å². The minimum Gasteiger partial charge on any atom is -0.497 e. The lowest BCUT2D eigenvalue weighted by Gasteiger charge is -2.11. The molecule has 0 atom stereocenters. The van der Waals surface area contributed by atoms with Gasteiger partial charge in [-0.15, -0.1) is 0 Å². The average molecular weight is 231 g/mol. The fraction of sp³-hybridized carbons (Fsp3) is 0.500. The molecule has 0 radical (unpaired) electrons. The molecule has 90 valence electrons. The van der Waals surface area contributed by atoms with Crippen molar-refractivity contribution >= 4 is 0 Å². The summed E-state index contributed by atoms with van der Waals surface area (Å²) in [7, 11) is 1.66. The molecule has 0 unspecified atom stereocenters. The van der Waals surface area contributed by atoms with Crippen molar-refractivity contribution < 1.29 is 9.47 Å². The summed E-state index contributed by atoms with van der Waals surface area (Å²) < 4.78 is 10.8. The standard InChI is InChI=1S/C14H17NO2/c1-16-13-4-2-3-12(9-13)10-17-11-14(5-6-14)7-8-15/h2-4,9H,5-7,10-11H2,1H3. The molecule has 1 aliphatic carbocycles. The summed E-state index contributed by atoms with van der Waals surface area (Å²) in [5.74, 6) is 0.851. The molecule has 1 aromatic rings. The van der Waals surface area contributed by atoms with Crippen LogP contribution in [0.5, 0.6) is 5.75 Å². The van der Waals surface area contributed by atoms with Gasteiger partial charge in [0, 0.05) is 11.8 Å². The number of hydrogen-bond acceptors (Lipinski definition) is 3. The highest BCUT2D eigenvalue weighted by Gasteiger charge is 2.42. The van der Waals surface area contributed by atoms with Crippen LogP contribution in [0.4, 0.5) is 0 Å². The molecule has 0 heterocycles. The van der Waals surface area contributed by atoms with Crippen LogP contribution in [0.3, 0.4) is 0 Å². The number of rotatable bonds is 6. The summed E-state index contributed by atoms with van der Waals surface area (Å²) in [6, 6.07) is 10.1. The van der Waals surface area contributed by atoms with Crippen molar-refractivity contribution in [2.45, 2.75) is 25.9 Å². The number of benzene rings is 1. The molecule has 0 aliphatic heterocycles. The Morgan fingerprint density at radius 3 is 2.88 bits per heavy atom. The van der Waals surface area contributed by atoms with Crippen LogP contribution in [-0.2, 0) is 11.3 Å². The number of methoxy groups -OCH3 is 1. The maximum atomic E-state index is 8.70. The maximum Gasteiger partial charge on any atom is 0.119 e. The van der Waals surface area contributed by atoms with Crippen molar-refractivity contribution in [2.75, 3.05) is 13.7 Å². The van der Waals surface area contributed by atoms with Crippen molar-refractivity contribution in [3.8, 4) is 11.8 Å². The van der Waals surface area contributed by atoms with Crippen LogP contribution in [0.25, 0.3) is 0 Å². The quantitative estimate of drug-likeness (QED) is 0.756. The van der Waals surface area contributed by atoms with Gasteiger partial charge in [-0.05, 0) is 30.5 Å². The lowest BCUT2D eigenvalue weighted by atomic mass is 10.1. The highest BCUT2D eigenvalue weighted by atomic mass is 16.5. The molecule has 17 heavy (non-hydrogen) atoms. The van der Waals surface area contributed by atoms with E-state index in [1.807, 2.05) is 24.3 Å². The molecule has 0 aromatic heterocycles. The Hall–Kier alpha value is -1.53. The first-order valence-corrected chi connectivity index (χ1v) is 5.86. The molecule has 3 heteroatoms. The summed E-state index contributed by atoms with van der Waals surface area (Å²) >= 11 is 0. The van der Waals surface area contributed by atoms with E-state index < -0.39 is 0 Å². The Balaban J connectivity index is 1.80. The second kappa shape index (κ2) is 5.20. The normalized spacial score (nSPS) is 16.2. The van der Waals surface area contributed by atoms with Gasteiger partial charge in [0.15, 0.2) is 0 Å². The number of hydrogen-bond donors (Lipinski definition) is 0. The van der Waals surface area contributed by atoms with Crippen LogP contribution in [-0.4, -0.2) is 13.7 Å². The number of nitriles is 1. The van der Waals surface area contributed by atoms with Crippen molar-refractivity contribution in [2.24, 2.45) is 5.41 Å². The first-order valence-electron chi connectivity index (χ1n) is 5.86. The summed E-state index contributed by atoms with van der Waals surface area (Å²) in [6.07, 6.45) is 2.86. The molecule has 2 rings (SSSR count). The molecule has 0 N–H and O–H groups in total. The molecule has 1 aliphatic rings. The first-order chi connectivity index (χ1) is 8.28. The number of ether oxygens (including phenoxy) is 2. The SMILES string of the molecule is COc1cccc(COCC2(CC#N)CC2)c1. The van der Waals surface area contributed by atoms with E-state index in [2.05, 4.69) is 6.07 Å². The van der Waals surface area contributed by atoms with Crippen molar-refractivity contribution in [3.05, 3.63) is 29.8 Å². The summed E-state index contributed by atoms with van der Waals surface area (Å²) in [5.41, 5.74) is 1.27. The van der Waals surface area contributed by atoms with Gasteiger partial charge in [0.1, 0.15) is 5.75 Å². The predicted molar refractivity (Wildman–Crippen MR) is 64.5 cm³/mol. The zero-order chi connectivity index (χ0) is 12.1. The lowest BCUT2D eigenvalue weighted by Crippen LogP contribution is -2.09. The van der Waals surface area contributed by atoms with Crippen LogP contribution in [0.15, 0.2) is 24.3 Å². The zero-order valence-electron chi connectivity index (χ0n) is 10.1. The third kappa shape index (κ3) is 3.21. The zero-order valence-corrected chi connectivity index (χ0v) is 10.1. The van der Waals surface area contributed by atoms with Crippen molar-refractivity contribution in [1.82, 2.24) is 0 Å². The summed E-state index contributed by atoms with van der Waals surface area (Å²) in [5, 5.41) is 8.70. The molecule has 0 spiro atoms. The van der Waals surface area contributed by atoms with Gasteiger partial charge >= 0.3 is 0 Å². The van der Waals surface area contributed by atoms with Gasteiger partial charge in [0.2, 0.25) is 0 Å². The van der Waals surface area contributed by atoms with Gasteiger partial charge in [-0.25, -0.2) is 0 Å². The Morgan fingerprint density at radius 1 is 1.41 bits per heavy atom. The Kier molecular flexibility index (Phi) is 3.65. The Bertz CT molecular complexity index is 418. The van der Waals surface area contributed by atoms with E-state index in [1.165, 1.54) is 0 Å². The largest absolute Gasteiger partial charge is 0.497 e. The minimum atomic E-state index is 0.160. The fourth-order valence-corrected chi connectivity index (χ4v) is 1.86. The predicted octanol–water partition coefficient (Wildman–Crippen LogP) is 2.91. The second-order valence-electron chi connectivity index (χ2n) is 4.68. The Labute approximate surface area is 102 Å². The number of nitrogens with zero attached hydrogens (tertiary/aromatic N) is 1. The third-order valence-electron chi connectivity index (χ3n) is 3.22. The van der Waals surface area contributed by atoms with Gasteiger partial charge in [-0.3, -0.25) is 0 Å². The molecule has 0 amide bonds. The summed E-state index contributed by atoms with van der Waals surface area (Å²) in [4.78, 5) is 0. The maximum absolute atomic E-state index is 8.70. The molecule has 3 nitrogen and oxygen atoms in total. The fourth-order valence-electron chi connectivity index (χ4n) is 1.86. The van der Waals surface area contributed by atoms with E-state index in [0.717, 1.165) is 24.2 Å². The monoisotopic (exact) mass is 231 g/mol. The Morgan fingerprint density at radius 2 is 2.24 bits per heavy atom. The van der Waals surface area contributed by atoms with Crippen molar-refractivity contribution in [1.29, 1.82) is 5.26 Å². The van der Waals surface area contributed by atoms with Gasteiger partial charge in [-0.2, -0.15) is 5.26 Å². The van der Waals surface area contributed by atoms with Gasteiger partial charge in [0.05, 0.1) is 26.4 Å².